The Morgan fingerprint density at radius 3 is 2.48 bits per heavy atom. The molecular formula is C19H16ClNO4. The molecule has 0 aliphatic rings. The van der Waals surface area contributed by atoms with Gasteiger partial charge in [-0.15, -0.1) is 0 Å². The number of benzene rings is 2. The molecule has 2 aromatic rings. The highest BCUT2D eigenvalue weighted by atomic mass is 35.5. The summed E-state index contributed by atoms with van der Waals surface area (Å²) in [6.45, 7) is 1.43. The molecule has 1 atom stereocenters. The Balaban J connectivity index is 2.34. The van der Waals surface area contributed by atoms with Crippen molar-refractivity contribution in [2.24, 2.45) is 0 Å². The Morgan fingerprint density at radius 1 is 1.24 bits per heavy atom. The maximum Gasteiger partial charge on any atom is 0.344 e. The van der Waals surface area contributed by atoms with E-state index in [4.69, 9.17) is 26.2 Å². The van der Waals surface area contributed by atoms with E-state index in [0.29, 0.717) is 22.1 Å². The number of nitriles is 1. The number of hydrogen-bond donors (Lipinski definition) is 1. The molecule has 0 radical (unpaired) electrons. The lowest BCUT2D eigenvalue weighted by Gasteiger charge is -2.14. The van der Waals surface area contributed by atoms with Gasteiger partial charge in [0.15, 0.2) is 17.6 Å². The van der Waals surface area contributed by atoms with E-state index in [1.54, 1.807) is 48.5 Å². The van der Waals surface area contributed by atoms with Gasteiger partial charge in [0.2, 0.25) is 0 Å². The number of rotatable bonds is 6. The number of carboxylic acid groups (broad SMARTS) is 1. The molecule has 0 spiro atoms. The largest absolute Gasteiger partial charge is 0.493 e. The summed E-state index contributed by atoms with van der Waals surface area (Å²) in [5, 5.41) is 18.9. The van der Waals surface area contributed by atoms with Crippen LogP contribution in [0.4, 0.5) is 0 Å². The van der Waals surface area contributed by atoms with Gasteiger partial charge in [-0.05, 0) is 48.4 Å². The summed E-state index contributed by atoms with van der Waals surface area (Å²) in [6.07, 6.45) is 0.704. The quantitative estimate of drug-likeness (QED) is 0.617. The molecule has 0 unspecified atom stereocenters. The molecule has 2 rings (SSSR count). The molecule has 1 N–H and O–H groups in total. The molecule has 6 heteroatoms. The maximum absolute atomic E-state index is 10.9. The first-order valence-electron chi connectivity index (χ1n) is 7.40. The van der Waals surface area contributed by atoms with Crippen LogP contribution in [0, 0.1) is 11.3 Å². The zero-order chi connectivity index (χ0) is 18.4. The van der Waals surface area contributed by atoms with E-state index in [1.807, 2.05) is 0 Å². The summed E-state index contributed by atoms with van der Waals surface area (Å²) < 4.78 is 10.6. The molecule has 0 heterocycles. The van der Waals surface area contributed by atoms with Crippen molar-refractivity contribution in [3.63, 3.8) is 0 Å². The topological polar surface area (TPSA) is 79.5 Å². The monoisotopic (exact) mass is 357 g/mol. The summed E-state index contributed by atoms with van der Waals surface area (Å²) in [6, 6.07) is 14.1. The van der Waals surface area contributed by atoms with Crippen molar-refractivity contribution in [2.45, 2.75) is 13.0 Å². The second-order valence-corrected chi connectivity index (χ2v) is 5.62. The van der Waals surface area contributed by atoms with Crippen molar-refractivity contribution in [3.05, 3.63) is 58.6 Å². The summed E-state index contributed by atoms with van der Waals surface area (Å²) >= 11 is 5.87. The number of allylic oxidation sites excluding steroid dienone is 1. The average Bonchev–Trinajstić information content (AvgIpc) is 2.61. The van der Waals surface area contributed by atoms with Crippen LogP contribution in [0.3, 0.4) is 0 Å². The second-order valence-electron chi connectivity index (χ2n) is 5.19. The van der Waals surface area contributed by atoms with Gasteiger partial charge < -0.3 is 14.6 Å². The van der Waals surface area contributed by atoms with Gasteiger partial charge in [0, 0.05) is 5.02 Å². The predicted molar refractivity (Wildman–Crippen MR) is 95.7 cm³/mol. The highest BCUT2D eigenvalue weighted by Crippen LogP contribution is 2.30. The molecule has 0 saturated carbocycles. The van der Waals surface area contributed by atoms with Gasteiger partial charge in [0.05, 0.1) is 18.8 Å². The van der Waals surface area contributed by atoms with Crippen LogP contribution in [0.15, 0.2) is 42.5 Å². The summed E-state index contributed by atoms with van der Waals surface area (Å²) in [5.74, 6) is -0.365. The van der Waals surface area contributed by atoms with E-state index in [0.717, 1.165) is 11.1 Å². The minimum Gasteiger partial charge on any atom is -0.493 e. The van der Waals surface area contributed by atoms with Gasteiger partial charge in [0.1, 0.15) is 0 Å². The van der Waals surface area contributed by atoms with Gasteiger partial charge in [-0.1, -0.05) is 29.8 Å². The second kappa shape index (κ2) is 8.22. The Hall–Kier alpha value is -2.97. The van der Waals surface area contributed by atoms with Crippen molar-refractivity contribution in [1.82, 2.24) is 0 Å². The molecule has 0 fully saturated rings. The van der Waals surface area contributed by atoms with Crippen molar-refractivity contribution in [2.75, 3.05) is 7.11 Å². The number of nitrogens with zero attached hydrogens (tertiary/aromatic N) is 1. The lowest BCUT2D eigenvalue weighted by molar-refractivity contribution is -0.144. The molecule has 0 amide bonds. The summed E-state index contributed by atoms with van der Waals surface area (Å²) in [4.78, 5) is 10.9. The summed E-state index contributed by atoms with van der Waals surface area (Å²) in [5.41, 5.74) is 1.93. The third-order valence-electron chi connectivity index (χ3n) is 3.43. The van der Waals surface area contributed by atoms with Crippen LogP contribution in [-0.2, 0) is 4.79 Å². The normalized spacial score (nSPS) is 12.2. The minimum atomic E-state index is -1.07. The van der Waals surface area contributed by atoms with Crippen LogP contribution in [0.5, 0.6) is 11.5 Å². The number of carboxylic acids is 1. The molecule has 0 aromatic heterocycles. The van der Waals surface area contributed by atoms with Crippen molar-refractivity contribution >= 4 is 29.2 Å². The van der Waals surface area contributed by atoms with E-state index in [9.17, 15) is 10.1 Å². The van der Waals surface area contributed by atoms with E-state index in [-0.39, 0.29) is 0 Å². The van der Waals surface area contributed by atoms with E-state index >= 15 is 0 Å². The number of methoxy groups -OCH3 is 1. The smallest absolute Gasteiger partial charge is 0.344 e. The Kier molecular flexibility index (Phi) is 6.04. The van der Waals surface area contributed by atoms with Crippen LogP contribution in [0.25, 0.3) is 11.6 Å². The lowest BCUT2D eigenvalue weighted by Crippen LogP contribution is -2.23. The minimum absolute atomic E-state index is 0.319. The number of carbonyl (C=O) groups is 1. The van der Waals surface area contributed by atoms with Crippen LogP contribution in [0.2, 0.25) is 5.02 Å². The third kappa shape index (κ3) is 4.75. The first-order valence-corrected chi connectivity index (χ1v) is 7.77. The lowest BCUT2D eigenvalue weighted by atomic mass is 10.0. The highest BCUT2D eigenvalue weighted by Gasteiger charge is 2.15. The zero-order valence-corrected chi connectivity index (χ0v) is 14.4. The Labute approximate surface area is 150 Å². The third-order valence-corrected chi connectivity index (χ3v) is 3.68. The van der Waals surface area contributed by atoms with Crippen LogP contribution in [0.1, 0.15) is 18.1 Å². The summed E-state index contributed by atoms with van der Waals surface area (Å²) in [7, 11) is 1.46. The molecule has 2 aromatic carbocycles. The van der Waals surface area contributed by atoms with E-state index < -0.39 is 12.1 Å². The fraction of sp³-hybridized carbons (Fsp3) is 0.158. The Morgan fingerprint density at radius 2 is 1.92 bits per heavy atom. The molecule has 128 valence electrons. The SMILES string of the molecule is COc1cc(/C=C(/C#N)c2ccc(Cl)cc2)ccc1O[C@H](C)C(=O)O. The van der Waals surface area contributed by atoms with Crippen LogP contribution >= 0.6 is 11.6 Å². The standard InChI is InChI=1S/C19H16ClNO4/c1-12(19(22)23)25-17-8-3-13(10-18(17)24-2)9-15(11-21)14-4-6-16(20)7-5-14/h3-10,12H,1-2H3,(H,22,23)/b15-9-/t12-/m1/s1. The molecule has 0 aliphatic carbocycles. The number of halogens is 1. The van der Waals surface area contributed by atoms with Gasteiger partial charge >= 0.3 is 5.97 Å². The fourth-order valence-electron chi connectivity index (χ4n) is 2.09. The number of aliphatic carboxylic acids is 1. The van der Waals surface area contributed by atoms with Crippen LogP contribution < -0.4 is 9.47 Å². The van der Waals surface area contributed by atoms with E-state index in [1.165, 1.54) is 14.0 Å². The van der Waals surface area contributed by atoms with Crippen molar-refractivity contribution in [3.8, 4) is 17.6 Å². The van der Waals surface area contributed by atoms with Gasteiger partial charge in [-0.3, -0.25) is 0 Å². The van der Waals surface area contributed by atoms with Crippen molar-refractivity contribution < 1.29 is 19.4 Å². The van der Waals surface area contributed by atoms with Gasteiger partial charge in [-0.2, -0.15) is 5.26 Å². The predicted octanol–water partition coefficient (Wildman–Crippen LogP) is 4.26. The first kappa shape index (κ1) is 18.4. The molecule has 25 heavy (non-hydrogen) atoms. The molecule has 0 saturated heterocycles. The zero-order valence-electron chi connectivity index (χ0n) is 13.7. The number of ether oxygens (including phenoxy) is 2. The molecule has 0 aliphatic heterocycles. The fourth-order valence-corrected chi connectivity index (χ4v) is 2.21. The molecular weight excluding hydrogens is 342 g/mol. The van der Waals surface area contributed by atoms with Gasteiger partial charge in [0.25, 0.3) is 0 Å². The first-order chi connectivity index (χ1) is 11.9. The van der Waals surface area contributed by atoms with Crippen molar-refractivity contribution in [1.29, 1.82) is 5.26 Å². The van der Waals surface area contributed by atoms with Crippen LogP contribution in [-0.4, -0.2) is 24.3 Å². The number of hydrogen-bond acceptors (Lipinski definition) is 4. The van der Waals surface area contributed by atoms with Gasteiger partial charge in [-0.25, -0.2) is 4.79 Å². The molecule has 0 bridgehead atoms. The van der Waals surface area contributed by atoms with E-state index in [2.05, 4.69) is 6.07 Å². The average molecular weight is 358 g/mol. The molecule has 5 nitrogen and oxygen atoms in total. The highest BCUT2D eigenvalue weighted by molar-refractivity contribution is 6.30. The maximum atomic E-state index is 10.9. The Bertz CT molecular complexity index is 837.